The van der Waals surface area contributed by atoms with E-state index in [0.29, 0.717) is 17.9 Å². The Balaban J connectivity index is 1.88. The third-order valence-electron chi connectivity index (χ3n) is 3.48. The molecule has 2 atom stereocenters. The number of nitrogen functional groups attached to an aromatic ring is 1. The van der Waals surface area contributed by atoms with Gasteiger partial charge < -0.3 is 15.7 Å². The summed E-state index contributed by atoms with van der Waals surface area (Å²) in [6.45, 7) is 0. The highest BCUT2D eigenvalue weighted by Crippen LogP contribution is 2.41. The van der Waals surface area contributed by atoms with E-state index >= 15 is 0 Å². The van der Waals surface area contributed by atoms with Crippen LogP contribution < -0.4 is 10.6 Å². The highest BCUT2D eigenvalue weighted by atomic mass is 32.1. The van der Waals surface area contributed by atoms with E-state index in [0.717, 1.165) is 12.8 Å². The Labute approximate surface area is 92.9 Å². The van der Waals surface area contributed by atoms with Gasteiger partial charge in [0.2, 0.25) is 0 Å². The predicted molar refractivity (Wildman–Crippen MR) is 61.1 cm³/mol. The molecule has 3 heterocycles. The standard InChI is InChI=1S/C10H15N3OS/c11-9-5-10(15-12-9)13-6-1-2-7(13)4-8(14)3-6/h5-8,14H,1-4H2,(H2,11,12). The van der Waals surface area contributed by atoms with Crippen molar-refractivity contribution in [3.05, 3.63) is 6.07 Å². The summed E-state index contributed by atoms with van der Waals surface area (Å²) in [5.41, 5.74) is 5.65. The second kappa shape index (κ2) is 3.35. The van der Waals surface area contributed by atoms with Crippen LogP contribution in [0.15, 0.2) is 6.07 Å². The molecule has 0 radical (unpaired) electrons. The van der Waals surface area contributed by atoms with Crippen LogP contribution in [-0.4, -0.2) is 27.7 Å². The summed E-state index contributed by atoms with van der Waals surface area (Å²) in [6.07, 6.45) is 4.07. The van der Waals surface area contributed by atoms with Crippen molar-refractivity contribution in [2.45, 2.75) is 43.9 Å². The van der Waals surface area contributed by atoms with Crippen molar-refractivity contribution in [3.63, 3.8) is 0 Å². The van der Waals surface area contributed by atoms with Crippen molar-refractivity contribution in [2.75, 3.05) is 10.6 Å². The van der Waals surface area contributed by atoms with Gasteiger partial charge >= 0.3 is 0 Å². The number of hydrogen-bond acceptors (Lipinski definition) is 5. The van der Waals surface area contributed by atoms with Gasteiger partial charge in [-0.05, 0) is 37.2 Å². The van der Waals surface area contributed by atoms with Gasteiger partial charge in [-0.1, -0.05) is 0 Å². The van der Waals surface area contributed by atoms with E-state index in [2.05, 4.69) is 9.27 Å². The van der Waals surface area contributed by atoms with Gasteiger partial charge in [0.05, 0.1) is 6.10 Å². The van der Waals surface area contributed by atoms with Crippen LogP contribution in [0.3, 0.4) is 0 Å². The van der Waals surface area contributed by atoms with E-state index in [4.69, 9.17) is 5.73 Å². The maximum Gasteiger partial charge on any atom is 0.139 e. The maximum absolute atomic E-state index is 9.70. The average molecular weight is 225 g/mol. The molecule has 0 amide bonds. The molecule has 0 saturated carbocycles. The number of fused-ring (bicyclic) bond motifs is 2. The van der Waals surface area contributed by atoms with E-state index in [1.165, 1.54) is 29.4 Å². The summed E-state index contributed by atoms with van der Waals surface area (Å²) in [5.74, 6) is 0.612. The van der Waals surface area contributed by atoms with E-state index in [1.54, 1.807) is 0 Å². The largest absolute Gasteiger partial charge is 0.393 e. The van der Waals surface area contributed by atoms with E-state index in [1.807, 2.05) is 6.07 Å². The Bertz CT molecular complexity index is 353. The molecule has 3 rings (SSSR count). The van der Waals surface area contributed by atoms with Gasteiger partial charge in [0, 0.05) is 18.2 Å². The molecule has 5 heteroatoms. The van der Waals surface area contributed by atoms with Crippen molar-refractivity contribution >= 4 is 22.4 Å². The number of aliphatic hydroxyl groups excluding tert-OH is 1. The van der Waals surface area contributed by atoms with Gasteiger partial charge in [0.25, 0.3) is 0 Å². The van der Waals surface area contributed by atoms with Gasteiger partial charge in [-0.2, -0.15) is 4.37 Å². The lowest BCUT2D eigenvalue weighted by Gasteiger charge is -2.37. The molecule has 1 aromatic heterocycles. The first-order valence-corrected chi connectivity index (χ1v) is 6.20. The molecule has 0 spiro atoms. The Morgan fingerprint density at radius 3 is 2.60 bits per heavy atom. The van der Waals surface area contributed by atoms with Gasteiger partial charge in [0.1, 0.15) is 10.8 Å². The molecule has 4 nitrogen and oxygen atoms in total. The van der Waals surface area contributed by atoms with Crippen LogP contribution in [0.2, 0.25) is 0 Å². The van der Waals surface area contributed by atoms with Crippen molar-refractivity contribution < 1.29 is 5.11 Å². The van der Waals surface area contributed by atoms with Gasteiger partial charge in [-0.25, -0.2) is 0 Å². The zero-order valence-electron chi connectivity index (χ0n) is 8.47. The first kappa shape index (κ1) is 9.42. The molecule has 2 saturated heterocycles. The molecule has 2 unspecified atom stereocenters. The normalized spacial score (nSPS) is 34.7. The Morgan fingerprint density at radius 2 is 2.07 bits per heavy atom. The Hall–Kier alpha value is -0.810. The molecule has 82 valence electrons. The topological polar surface area (TPSA) is 62.4 Å². The third-order valence-corrected chi connectivity index (χ3v) is 4.30. The lowest BCUT2D eigenvalue weighted by Crippen LogP contribution is -2.44. The minimum absolute atomic E-state index is 0.107. The van der Waals surface area contributed by atoms with Gasteiger partial charge in [0.15, 0.2) is 0 Å². The quantitative estimate of drug-likeness (QED) is 0.754. The number of nitrogens with zero attached hydrogens (tertiary/aromatic N) is 2. The smallest absolute Gasteiger partial charge is 0.139 e. The minimum atomic E-state index is -0.107. The second-order valence-electron chi connectivity index (χ2n) is 4.51. The van der Waals surface area contributed by atoms with Crippen molar-refractivity contribution in [1.82, 2.24) is 4.37 Å². The molecule has 2 bridgehead atoms. The number of piperidine rings is 1. The SMILES string of the molecule is Nc1cc(N2C3CCC2CC(O)C3)sn1. The van der Waals surface area contributed by atoms with E-state index in [-0.39, 0.29) is 6.10 Å². The first-order valence-electron chi connectivity index (χ1n) is 5.42. The van der Waals surface area contributed by atoms with Crippen LogP contribution >= 0.6 is 11.5 Å². The van der Waals surface area contributed by atoms with Crippen LogP contribution in [0.25, 0.3) is 0 Å². The summed E-state index contributed by atoms with van der Waals surface area (Å²) in [4.78, 5) is 2.42. The summed E-state index contributed by atoms with van der Waals surface area (Å²) in [6, 6.07) is 2.95. The van der Waals surface area contributed by atoms with Crippen molar-refractivity contribution in [2.24, 2.45) is 0 Å². The molecule has 0 aromatic carbocycles. The number of rotatable bonds is 1. The fourth-order valence-electron chi connectivity index (χ4n) is 2.91. The molecule has 2 aliphatic rings. The highest BCUT2D eigenvalue weighted by Gasteiger charge is 2.40. The zero-order chi connectivity index (χ0) is 10.4. The van der Waals surface area contributed by atoms with Crippen LogP contribution in [0, 0.1) is 0 Å². The van der Waals surface area contributed by atoms with E-state index < -0.39 is 0 Å². The number of anilines is 2. The molecule has 3 N–H and O–H groups in total. The molecular weight excluding hydrogens is 210 g/mol. The lowest BCUT2D eigenvalue weighted by molar-refractivity contribution is 0.126. The van der Waals surface area contributed by atoms with Gasteiger partial charge in [-0.15, -0.1) is 0 Å². The number of hydrogen-bond donors (Lipinski definition) is 2. The zero-order valence-corrected chi connectivity index (χ0v) is 9.28. The monoisotopic (exact) mass is 225 g/mol. The summed E-state index contributed by atoms with van der Waals surface area (Å²) in [7, 11) is 0. The number of nitrogens with two attached hydrogens (primary N) is 1. The molecule has 1 aromatic rings. The fraction of sp³-hybridized carbons (Fsp3) is 0.700. The molecule has 0 aliphatic carbocycles. The Morgan fingerprint density at radius 1 is 1.40 bits per heavy atom. The van der Waals surface area contributed by atoms with Crippen molar-refractivity contribution in [3.8, 4) is 0 Å². The molecule has 2 fully saturated rings. The lowest BCUT2D eigenvalue weighted by atomic mass is 10.0. The third kappa shape index (κ3) is 1.50. The summed E-state index contributed by atoms with van der Waals surface area (Å²) >= 11 is 1.47. The number of aliphatic hydroxyl groups is 1. The van der Waals surface area contributed by atoms with Crippen molar-refractivity contribution in [1.29, 1.82) is 0 Å². The average Bonchev–Trinajstić information content (AvgIpc) is 2.69. The minimum Gasteiger partial charge on any atom is -0.393 e. The maximum atomic E-state index is 9.70. The van der Waals surface area contributed by atoms with Crippen LogP contribution in [-0.2, 0) is 0 Å². The molecular formula is C10H15N3OS. The van der Waals surface area contributed by atoms with Crippen LogP contribution in [0.4, 0.5) is 10.8 Å². The predicted octanol–water partition coefficient (Wildman–Crippen LogP) is 1.22. The Kier molecular flexibility index (Phi) is 2.10. The second-order valence-corrected chi connectivity index (χ2v) is 5.29. The fourth-order valence-corrected chi connectivity index (χ4v) is 3.73. The van der Waals surface area contributed by atoms with Crippen LogP contribution in [0.1, 0.15) is 25.7 Å². The summed E-state index contributed by atoms with van der Waals surface area (Å²) in [5, 5.41) is 10.9. The number of aromatic nitrogens is 1. The molecule has 2 aliphatic heterocycles. The first-order chi connectivity index (χ1) is 7.24. The summed E-state index contributed by atoms with van der Waals surface area (Å²) < 4.78 is 4.12. The highest BCUT2D eigenvalue weighted by molar-refractivity contribution is 7.10. The van der Waals surface area contributed by atoms with Gasteiger partial charge in [-0.3, -0.25) is 0 Å². The van der Waals surface area contributed by atoms with Crippen LogP contribution in [0.5, 0.6) is 0 Å². The molecule has 15 heavy (non-hydrogen) atoms. The van der Waals surface area contributed by atoms with E-state index in [9.17, 15) is 5.11 Å².